The van der Waals surface area contributed by atoms with Crippen LogP contribution in [0.25, 0.3) is 0 Å². The standard InChI is InChI=1S/C16H23NO3/c1-2-3-4-5-6-10-15(18)17-14-9-7-8-13(11-14)12-16(19)20/h7-9,11H,2-6,10,12H2,1H3,(H,17,18)(H,19,20). The number of nitrogens with one attached hydrogen (secondary N) is 1. The summed E-state index contributed by atoms with van der Waals surface area (Å²) in [5.41, 5.74) is 1.36. The maximum absolute atomic E-state index is 11.8. The molecule has 0 saturated carbocycles. The number of carbonyl (C=O) groups is 2. The predicted octanol–water partition coefficient (Wildman–Crippen LogP) is 3.61. The smallest absolute Gasteiger partial charge is 0.307 e. The van der Waals surface area contributed by atoms with Gasteiger partial charge >= 0.3 is 5.97 Å². The molecule has 20 heavy (non-hydrogen) atoms. The quantitative estimate of drug-likeness (QED) is 0.677. The van der Waals surface area contributed by atoms with Gasteiger partial charge in [0.2, 0.25) is 5.91 Å². The number of aliphatic carboxylic acids is 1. The Kier molecular flexibility index (Phi) is 7.40. The average molecular weight is 277 g/mol. The van der Waals surface area contributed by atoms with Gasteiger partial charge in [-0.25, -0.2) is 0 Å². The lowest BCUT2D eigenvalue weighted by molar-refractivity contribution is -0.136. The molecule has 0 heterocycles. The molecular formula is C16H23NO3. The molecule has 0 aliphatic carbocycles. The number of carboxylic acids is 1. The first-order valence-corrected chi connectivity index (χ1v) is 7.22. The summed E-state index contributed by atoms with van der Waals surface area (Å²) >= 11 is 0. The van der Waals surface area contributed by atoms with Crippen molar-refractivity contribution in [2.45, 2.75) is 51.9 Å². The van der Waals surface area contributed by atoms with Gasteiger partial charge in [-0.05, 0) is 24.1 Å². The third-order valence-electron chi connectivity index (χ3n) is 3.07. The Morgan fingerprint density at radius 3 is 2.60 bits per heavy atom. The zero-order valence-corrected chi connectivity index (χ0v) is 12.0. The van der Waals surface area contributed by atoms with E-state index in [-0.39, 0.29) is 12.3 Å². The lowest BCUT2D eigenvalue weighted by Gasteiger charge is -2.06. The molecule has 1 aromatic carbocycles. The van der Waals surface area contributed by atoms with Crippen molar-refractivity contribution in [3.63, 3.8) is 0 Å². The van der Waals surface area contributed by atoms with Gasteiger partial charge in [-0.3, -0.25) is 9.59 Å². The number of carboxylic acid groups (broad SMARTS) is 1. The van der Waals surface area contributed by atoms with Gasteiger partial charge in [0, 0.05) is 12.1 Å². The lowest BCUT2D eigenvalue weighted by atomic mass is 10.1. The van der Waals surface area contributed by atoms with Crippen LogP contribution in [-0.2, 0) is 16.0 Å². The first kappa shape index (κ1) is 16.2. The summed E-state index contributed by atoms with van der Waals surface area (Å²) in [6, 6.07) is 6.99. The average Bonchev–Trinajstić information content (AvgIpc) is 2.38. The normalized spacial score (nSPS) is 10.2. The number of anilines is 1. The van der Waals surface area contributed by atoms with Gasteiger partial charge in [0.1, 0.15) is 0 Å². The maximum atomic E-state index is 11.8. The van der Waals surface area contributed by atoms with Crippen LogP contribution >= 0.6 is 0 Å². The van der Waals surface area contributed by atoms with Crippen LogP contribution in [0.2, 0.25) is 0 Å². The molecule has 0 saturated heterocycles. The van der Waals surface area contributed by atoms with Gasteiger partial charge in [-0.2, -0.15) is 0 Å². The van der Waals surface area contributed by atoms with Crippen LogP contribution in [0.1, 0.15) is 51.0 Å². The van der Waals surface area contributed by atoms with E-state index in [4.69, 9.17) is 5.11 Å². The summed E-state index contributed by atoms with van der Waals surface area (Å²) in [5.74, 6) is -0.877. The Morgan fingerprint density at radius 1 is 1.15 bits per heavy atom. The van der Waals surface area contributed by atoms with Crippen molar-refractivity contribution in [2.75, 3.05) is 5.32 Å². The van der Waals surface area contributed by atoms with E-state index in [1.54, 1.807) is 24.3 Å². The zero-order chi connectivity index (χ0) is 14.8. The minimum atomic E-state index is -0.871. The monoisotopic (exact) mass is 277 g/mol. The van der Waals surface area contributed by atoms with E-state index in [1.807, 2.05) is 0 Å². The summed E-state index contributed by atoms with van der Waals surface area (Å²) in [7, 11) is 0. The van der Waals surface area contributed by atoms with Crippen molar-refractivity contribution < 1.29 is 14.7 Å². The predicted molar refractivity (Wildman–Crippen MR) is 79.8 cm³/mol. The molecule has 0 fully saturated rings. The van der Waals surface area contributed by atoms with Crippen molar-refractivity contribution in [1.82, 2.24) is 0 Å². The first-order chi connectivity index (χ1) is 9.61. The highest BCUT2D eigenvalue weighted by Gasteiger charge is 2.05. The van der Waals surface area contributed by atoms with Gasteiger partial charge < -0.3 is 10.4 Å². The van der Waals surface area contributed by atoms with Crippen LogP contribution in [0, 0.1) is 0 Å². The Balaban J connectivity index is 2.36. The molecule has 0 aliphatic heterocycles. The number of unbranched alkanes of at least 4 members (excludes halogenated alkanes) is 4. The Labute approximate surface area is 120 Å². The number of carbonyl (C=O) groups excluding carboxylic acids is 1. The molecule has 110 valence electrons. The fourth-order valence-electron chi connectivity index (χ4n) is 2.05. The van der Waals surface area contributed by atoms with Crippen molar-refractivity contribution in [1.29, 1.82) is 0 Å². The van der Waals surface area contributed by atoms with Crippen molar-refractivity contribution in [3.8, 4) is 0 Å². The van der Waals surface area contributed by atoms with Crippen LogP contribution in [0.3, 0.4) is 0 Å². The van der Waals surface area contributed by atoms with Gasteiger partial charge in [-0.15, -0.1) is 0 Å². The number of hydrogen-bond donors (Lipinski definition) is 2. The molecule has 0 radical (unpaired) electrons. The van der Waals surface area contributed by atoms with E-state index in [0.29, 0.717) is 17.7 Å². The van der Waals surface area contributed by atoms with E-state index < -0.39 is 5.97 Å². The number of amides is 1. The molecule has 0 unspecified atom stereocenters. The Bertz CT molecular complexity index is 443. The molecule has 4 heteroatoms. The SMILES string of the molecule is CCCCCCCC(=O)Nc1cccc(CC(=O)O)c1. The van der Waals surface area contributed by atoms with E-state index in [2.05, 4.69) is 12.2 Å². The van der Waals surface area contributed by atoms with Crippen molar-refractivity contribution in [3.05, 3.63) is 29.8 Å². The molecule has 1 aromatic rings. The van der Waals surface area contributed by atoms with E-state index in [0.717, 1.165) is 12.8 Å². The summed E-state index contributed by atoms with van der Waals surface area (Å²) < 4.78 is 0. The Morgan fingerprint density at radius 2 is 1.90 bits per heavy atom. The molecule has 0 aromatic heterocycles. The van der Waals surface area contributed by atoms with Crippen molar-refractivity contribution >= 4 is 17.6 Å². The zero-order valence-electron chi connectivity index (χ0n) is 12.0. The van der Waals surface area contributed by atoms with Gasteiger partial charge in [-0.1, -0.05) is 44.7 Å². The van der Waals surface area contributed by atoms with Crippen LogP contribution < -0.4 is 5.32 Å². The largest absolute Gasteiger partial charge is 0.481 e. The summed E-state index contributed by atoms with van der Waals surface area (Å²) in [6.07, 6.45) is 6.08. The summed E-state index contributed by atoms with van der Waals surface area (Å²) in [6.45, 7) is 2.16. The second-order valence-electron chi connectivity index (χ2n) is 4.98. The van der Waals surface area contributed by atoms with Crippen molar-refractivity contribution in [2.24, 2.45) is 0 Å². The third kappa shape index (κ3) is 6.92. The molecule has 1 rings (SSSR count). The lowest BCUT2D eigenvalue weighted by Crippen LogP contribution is -2.11. The fourth-order valence-corrected chi connectivity index (χ4v) is 2.05. The molecule has 2 N–H and O–H groups in total. The second-order valence-corrected chi connectivity index (χ2v) is 4.98. The van der Waals surface area contributed by atoms with Crippen LogP contribution in [0.4, 0.5) is 5.69 Å². The number of hydrogen-bond acceptors (Lipinski definition) is 2. The minimum Gasteiger partial charge on any atom is -0.481 e. The molecule has 1 amide bonds. The van der Waals surface area contributed by atoms with E-state index in [9.17, 15) is 9.59 Å². The molecule has 4 nitrogen and oxygen atoms in total. The summed E-state index contributed by atoms with van der Waals surface area (Å²) in [5, 5.41) is 11.6. The summed E-state index contributed by atoms with van der Waals surface area (Å²) in [4.78, 5) is 22.4. The minimum absolute atomic E-state index is 0.00558. The van der Waals surface area contributed by atoms with E-state index >= 15 is 0 Å². The number of rotatable bonds is 9. The first-order valence-electron chi connectivity index (χ1n) is 7.22. The fraction of sp³-hybridized carbons (Fsp3) is 0.500. The second kappa shape index (κ2) is 9.13. The topological polar surface area (TPSA) is 66.4 Å². The number of benzene rings is 1. The maximum Gasteiger partial charge on any atom is 0.307 e. The van der Waals surface area contributed by atoms with Crippen LogP contribution in [-0.4, -0.2) is 17.0 Å². The molecule has 0 atom stereocenters. The van der Waals surface area contributed by atoms with Crippen LogP contribution in [0.5, 0.6) is 0 Å². The molecule has 0 spiro atoms. The highest BCUT2D eigenvalue weighted by atomic mass is 16.4. The molecule has 0 aliphatic rings. The van der Waals surface area contributed by atoms with Gasteiger partial charge in [0.25, 0.3) is 0 Å². The molecular weight excluding hydrogens is 254 g/mol. The van der Waals surface area contributed by atoms with E-state index in [1.165, 1.54) is 19.3 Å². The van der Waals surface area contributed by atoms with Gasteiger partial charge in [0.05, 0.1) is 6.42 Å². The molecule has 0 bridgehead atoms. The Hall–Kier alpha value is -1.84. The highest BCUT2D eigenvalue weighted by Crippen LogP contribution is 2.12. The third-order valence-corrected chi connectivity index (χ3v) is 3.07. The highest BCUT2D eigenvalue weighted by molar-refractivity contribution is 5.90. The van der Waals surface area contributed by atoms with Crippen LogP contribution in [0.15, 0.2) is 24.3 Å². The van der Waals surface area contributed by atoms with Gasteiger partial charge in [0.15, 0.2) is 0 Å².